The summed E-state index contributed by atoms with van der Waals surface area (Å²) in [4.78, 5) is 23.2. The molecule has 1 aromatic carbocycles. The van der Waals surface area contributed by atoms with Crippen LogP contribution in [0.25, 0.3) is 0 Å². The summed E-state index contributed by atoms with van der Waals surface area (Å²) in [6.45, 7) is 2.36. The highest BCUT2D eigenvalue weighted by molar-refractivity contribution is 7.90. The van der Waals surface area contributed by atoms with Gasteiger partial charge in [0.2, 0.25) is 20.0 Å². The Balaban J connectivity index is 2.36. The van der Waals surface area contributed by atoms with Gasteiger partial charge in [0, 0.05) is 12.3 Å². The van der Waals surface area contributed by atoms with E-state index < -0.39 is 49.5 Å². The molecule has 0 saturated heterocycles. The normalized spacial score (nSPS) is 18.4. The second-order valence-corrected chi connectivity index (χ2v) is 11.1. The van der Waals surface area contributed by atoms with Crippen molar-refractivity contribution in [3.05, 3.63) is 17.2 Å². The zero-order valence-electron chi connectivity index (χ0n) is 16.5. The Bertz CT molecular complexity index is 1140. The summed E-state index contributed by atoms with van der Waals surface area (Å²) in [7, 11) is -8.46. The van der Waals surface area contributed by atoms with Gasteiger partial charge < -0.3 is 20.1 Å². The molecule has 11 nitrogen and oxygen atoms in total. The highest BCUT2D eigenvalue weighted by Crippen LogP contribution is 2.33. The van der Waals surface area contributed by atoms with Crippen molar-refractivity contribution >= 4 is 66.3 Å². The minimum atomic E-state index is -4.26. The number of hydrogen-bond acceptors (Lipinski definition) is 8. The van der Waals surface area contributed by atoms with Crippen LogP contribution >= 0.6 is 23.8 Å². The maximum Gasteiger partial charge on any atom is 0.323 e. The monoisotopic (exact) mass is 512 g/mol. The third-order valence-electron chi connectivity index (χ3n) is 4.31. The molecular weight excluding hydrogens is 492 g/mol. The number of ketones is 1. The number of thiocarbonyl (C=S) groups is 1. The van der Waals surface area contributed by atoms with Gasteiger partial charge >= 0.3 is 5.97 Å². The molecule has 31 heavy (non-hydrogen) atoms. The number of sulfonamides is 2. The zero-order valence-corrected chi connectivity index (χ0v) is 19.7. The predicted molar refractivity (Wildman–Crippen MR) is 117 cm³/mol. The lowest BCUT2D eigenvalue weighted by molar-refractivity contribution is -0.137. The van der Waals surface area contributed by atoms with E-state index in [1.807, 2.05) is 0 Å². The predicted octanol–water partition coefficient (Wildman–Crippen LogP) is 0.347. The van der Waals surface area contributed by atoms with Gasteiger partial charge in [-0.25, -0.2) is 22.0 Å². The third kappa shape index (κ3) is 6.33. The van der Waals surface area contributed by atoms with Gasteiger partial charge in [0.1, 0.15) is 28.3 Å². The molecule has 0 radical (unpaired) electrons. The third-order valence-corrected chi connectivity index (χ3v) is 7.86. The van der Waals surface area contributed by atoms with E-state index in [9.17, 15) is 31.5 Å². The quantitative estimate of drug-likeness (QED) is 0.355. The fourth-order valence-electron chi connectivity index (χ4n) is 3.09. The van der Waals surface area contributed by atoms with Crippen LogP contribution in [0, 0.1) is 5.92 Å². The SMILES string of the molecule is CC(=O)CC(C)C(=S)N(CC(=O)O)CC1Nc2cc(Cl)c(S(N)(=O)=O)cc2S(=O)(=O)N1. The Morgan fingerprint density at radius 3 is 2.52 bits per heavy atom. The molecule has 0 aliphatic carbocycles. The van der Waals surface area contributed by atoms with Crippen LogP contribution in [0.3, 0.4) is 0 Å². The van der Waals surface area contributed by atoms with Gasteiger partial charge in [-0.15, -0.1) is 0 Å². The van der Waals surface area contributed by atoms with Crippen LogP contribution in [-0.2, 0) is 29.6 Å². The average Bonchev–Trinajstić information content (AvgIpc) is 2.57. The van der Waals surface area contributed by atoms with Crippen molar-refractivity contribution in [1.82, 2.24) is 9.62 Å². The number of anilines is 1. The summed E-state index contributed by atoms with van der Waals surface area (Å²) in [6, 6.07) is 1.95. The van der Waals surface area contributed by atoms with E-state index in [-0.39, 0.29) is 39.3 Å². The van der Waals surface area contributed by atoms with E-state index in [2.05, 4.69) is 10.0 Å². The molecular formula is C16H21ClN4O7S3. The second kappa shape index (κ2) is 9.34. The van der Waals surface area contributed by atoms with E-state index in [1.165, 1.54) is 11.8 Å². The Kier molecular flexibility index (Phi) is 7.66. The van der Waals surface area contributed by atoms with Gasteiger partial charge in [-0.3, -0.25) is 4.79 Å². The Hall–Kier alpha value is -1.84. The van der Waals surface area contributed by atoms with Gasteiger partial charge in [-0.05, 0) is 19.1 Å². The fraction of sp³-hybridized carbons (Fsp3) is 0.438. The van der Waals surface area contributed by atoms with E-state index in [1.54, 1.807) is 6.92 Å². The van der Waals surface area contributed by atoms with Gasteiger partial charge in [-0.2, -0.15) is 4.72 Å². The van der Waals surface area contributed by atoms with Crippen LogP contribution in [0.2, 0.25) is 5.02 Å². The first-order valence-electron chi connectivity index (χ1n) is 8.77. The number of Topliss-reactive ketones (excluding diaryl/α,β-unsaturated/α-hetero) is 1. The van der Waals surface area contributed by atoms with Crippen molar-refractivity contribution < 1.29 is 31.5 Å². The van der Waals surface area contributed by atoms with Crippen LogP contribution in [0.1, 0.15) is 20.3 Å². The molecule has 0 saturated carbocycles. The first-order valence-corrected chi connectivity index (χ1v) is 12.6. The summed E-state index contributed by atoms with van der Waals surface area (Å²) < 4.78 is 50.9. The molecule has 2 unspecified atom stereocenters. The molecule has 0 spiro atoms. The molecule has 172 valence electrons. The van der Waals surface area contributed by atoms with Gasteiger partial charge in [0.25, 0.3) is 0 Å². The van der Waals surface area contributed by atoms with Crippen LogP contribution < -0.4 is 15.2 Å². The highest BCUT2D eigenvalue weighted by atomic mass is 35.5. The number of carboxylic acid groups (broad SMARTS) is 1. The van der Waals surface area contributed by atoms with Crippen molar-refractivity contribution in [2.24, 2.45) is 11.1 Å². The number of fused-ring (bicyclic) bond motifs is 1. The Morgan fingerprint density at radius 2 is 2.00 bits per heavy atom. The number of carboxylic acids is 1. The highest BCUT2D eigenvalue weighted by Gasteiger charge is 2.34. The smallest absolute Gasteiger partial charge is 0.323 e. The topological polar surface area (TPSA) is 176 Å². The van der Waals surface area contributed by atoms with Crippen molar-refractivity contribution in [3.63, 3.8) is 0 Å². The average molecular weight is 513 g/mol. The van der Waals surface area contributed by atoms with Crippen LogP contribution in [0.5, 0.6) is 0 Å². The van der Waals surface area contributed by atoms with Crippen molar-refractivity contribution in [1.29, 1.82) is 0 Å². The molecule has 0 bridgehead atoms. The number of carbonyl (C=O) groups excluding carboxylic acids is 1. The maximum atomic E-state index is 12.7. The molecule has 1 aliphatic heterocycles. The van der Waals surface area contributed by atoms with Crippen molar-refractivity contribution in [3.8, 4) is 0 Å². The number of halogens is 1. The Morgan fingerprint density at radius 1 is 1.39 bits per heavy atom. The minimum Gasteiger partial charge on any atom is -0.480 e. The zero-order chi connectivity index (χ0) is 23.7. The number of benzene rings is 1. The molecule has 2 atom stereocenters. The van der Waals surface area contributed by atoms with Crippen molar-refractivity contribution in [2.45, 2.75) is 36.2 Å². The van der Waals surface area contributed by atoms with E-state index in [0.717, 1.165) is 12.1 Å². The molecule has 1 aliphatic rings. The summed E-state index contributed by atoms with van der Waals surface area (Å²) in [5, 5.41) is 16.8. The summed E-state index contributed by atoms with van der Waals surface area (Å²) in [5.41, 5.74) is 0.0131. The molecule has 0 aromatic heterocycles. The summed E-state index contributed by atoms with van der Waals surface area (Å²) >= 11 is 11.3. The number of primary sulfonamides is 1. The van der Waals surface area contributed by atoms with E-state index in [4.69, 9.17) is 29.0 Å². The van der Waals surface area contributed by atoms with Gasteiger partial charge in [0.05, 0.1) is 22.2 Å². The first kappa shape index (κ1) is 25.4. The first-order chi connectivity index (χ1) is 14.1. The van der Waals surface area contributed by atoms with Crippen LogP contribution in [0.15, 0.2) is 21.9 Å². The number of nitrogens with one attached hydrogen (secondary N) is 2. The number of aliphatic carboxylic acids is 1. The lowest BCUT2D eigenvalue weighted by Gasteiger charge is -2.34. The van der Waals surface area contributed by atoms with Crippen LogP contribution in [0.4, 0.5) is 5.69 Å². The molecule has 5 N–H and O–H groups in total. The number of nitrogens with two attached hydrogens (primary N) is 1. The summed E-state index contributed by atoms with van der Waals surface area (Å²) in [6.07, 6.45) is -0.913. The lowest BCUT2D eigenvalue weighted by Crippen LogP contribution is -2.53. The molecule has 0 amide bonds. The molecule has 1 heterocycles. The number of nitrogens with zero attached hydrogens (tertiary/aromatic N) is 1. The van der Waals surface area contributed by atoms with E-state index in [0.29, 0.717) is 0 Å². The number of rotatable bonds is 8. The van der Waals surface area contributed by atoms with Gasteiger partial charge in [0.15, 0.2) is 0 Å². The summed E-state index contributed by atoms with van der Waals surface area (Å²) in [5.74, 6) is -1.76. The van der Waals surface area contributed by atoms with Crippen LogP contribution in [-0.4, -0.2) is 62.8 Å². The standard InChI is InChI=1S/C16H21ClN4O7S3/c1-8(3-9(2)22)16(29)21(7-15(23)24)6-14-19-11-4-10(17)12(30(18,25)26)5-13(11)31(27,28)20-14/h4-5,8,14,19-20H,3,6-7H2,1-2H3,(H,23,24)(H2,18,25,26). The maximum absolute atomic E-state index is 12.7. The second-order valence-electron chi connectivity index (χ2n) is 7.06. The minimum absolute atomic E-state index is 0.0131. The van der Waals surface area contributed by atoms with Gasteiger partial charge in [-0.1, -0.05) is 30.7 Å². The Labute approximate surface area is 190 Å². The molecule has 2 rings (SSSR count). The molecule has 0 fully saturated rings. The lowest BCUT2D eigenvalue weighted by atomic mass is 10.0. The molecule has 1 aromatic rings. The largest absolute Gasteiger partial charge is 0.480 e. The van der Waals surface area contributed by atoms with Crippen molar-refractivity contribution in [2.75, 3.05) is 18.4 Å². The van der Waals surface area contributed by atoms with E-state index >= 15 is 0 Å². The molecule has 15 heteroatoms. The fourth-order valence-corrected chi connectivity index (χ4v) is 5.80. The number of carbonyl (C=O) groups is 2. The number of hydrogen-bond donors (Lipinski definition) is 4.